The molecule has 0 heterocycles. The van der Waals surface area contributed by atoms with Crippen molar-refractivity contribution in [3.05, 3.63) is 35.9 Å². The molecule has 0 aromatic heterocycles. The van der Waals surface area contributed by atoms with E-state index < -0.39 is 13.1 Å². The van der Waals surface area contributed by atoms with E-state index in [4.69, 9.17) is 0 Å². The van der Waals surface area contributed by atoms with Gasteiger partial charge in [-0.2, -0.15) is 0 Å². The average molecular weight is 235 g/mol. The minimum absolute atomic E-state index is 0.174. The summed E-state index contributed by atoms with van der Waals surface area (Å²) >= 11 is 0. The fourth-order valence-corrected chi connectivity index (χ4v) is 1.45. The maximum atomic E-state index is 11.5. The molecule has 1 aromatic carbocycles. The quantitative estimate of drug-likeness (QED) is 0.646. The van der Waals surface area contributed by atoms with E-state index in [1.165, 1.54) is 0 Å². The van der Waals surface area contributed by atoms with Crippen molar-refractivity contribution in [2.75, 3.05) is 0 Å². The van der Waals surface area contributed by atoms with Gasteiger partial charge in [0.25, 0.3) is 0 Å². The maximum absolute atomic E-state index is 11.5. The van der Waals surface area contributed by atoms with Gasteiger partial charge in [0.05, 0.1) is 5.94 Å². The molecule has 0 fully saturated rings. The third kappa shape index (κ3) is 4.59. The summed E-state index contributed by atoms with van der Waals surface area (Å²) < 4.78 is 0. The standard InChI is InChI=1S/C12H18BNO3/c1-9(2)12(15)14-11(13(16)17)8-10-6-4-3-5-7-10/h3-7,9,11,16-17H,8H2,1-2H3,(H,14,15)/t11-/m0/s1. The smallest absolute Gasteiger partial charge is 0.426 e. The van der Waals surface area contributed by atoms with E-state index in [0.29, 0.717) is 6.42 Å². The zero-order valence-electron chi connectivity index (χ0n) is 10.1. The van der Waals surface area contributed by atoms with Crippen LogP contribution in [-0.2, 0) is 11.2 Å². The number of rotatable bonds is 5. The third-order valence-corrected chi connectivity index (χ3v) is 2.51. The highest BCUT2D eigenvalue weighted by atomic mass is 16.4. The Balaban J connectivity index is 2.64. The van der Waals surface area contributed by atoms with Crippen LogP contribution in [0.5, 0.6) is 0 Å². The fourth-order valence-electron chi connectivity index (χ4n) is 1.45. The second-order valence-electron chi connectivity index (χ2n) is 4.37. The van der Waals surface area contributed by atoms with Crippen LogP contribution in [0.1, 0.15) is 19.4 Å². The van der Waals surface area contributed by atoms with Gasteiger partial charge in [0.15, 0.2) is 0 Å². The zero-order chi connectivity index (χ0) is 12.8. The zero-order valence-corrected chi connectivity index (χ0v) is 10.1. The first-order valence-corrected chi connectivity index (χ1v) is 5.71. The summed E-state index contributed by atoms with van der Waals surface area (Å²) in [6.45, 7) is 3.53. The van der Waals surface area contributed by atoms with Gasteiger partial charge in [-0.1, -0.05) is 44.2 Å². The van der Waals surface area contributed by atoms with E-state index in [9.17, 15) is 14.8 Å². The fraction of sp³-hybridized carbons (Fsp3) is 0.417. The highest BCUT2D eigenvalue weighted by Crippen LogP contribution is 2.05. The Labute approximate surface area is 102 Å². The Morgan fingerprint density at radius 2 is 1.88 bits per heavy atom. The summed E-state index contributed by atoms with van der Waals surface area (Å²) in [4.78, 5) is 11.5. The lowest BCUT2D eigenvalue weighted by Crippen LogP contribution is -2.49. The van der Waals surface area contributed by atoms with Crippen LogP contribution in [0.25, 0.3) is 0 Å². The van der Waals surface area contributed by atoms with Crippen molar-refractivity contribution in [3.8, 4) is 0 Å². The molecule has 17 heavy (non-hydrogen) atoms. The first-order chi connectivity index (χ1) is 8.00. The molecule has 0 aliphatic rings. The second-order valence-corrected chi connectivity index (χ2v) is 4.37. The van der Waals surface area contributed by atoms with E-state index in [2.05, 4.69) is 5.32 Å². The molecule has 1 aromatic rings. The van der Waals surface area contributed by atoms with E-state index >= 15 is 0 Å². The molecule has 0 spiro atoms. The normalized spacial score (nSPS) is 12.3. The van der Waals surface area contributed by atoms with Crippen molar-refractivity contribution in [2.45, 2.75) is 26.2 Å². The number of hydrogen-bond donors (Lipinski definition) is 3. The van der Waals surface area contributed by atoms with Gasteiger partial charge in [-0.3, -0.25) is 4.79 Å². The molecular weight excluding hydrogens is 217 g/mol. The molecule has 1 amide bonds. The van der Waals surface area contributed by atoms with Gasteiger partial charge in [-0.05, 0) is 12.0 Å². The summed E-state index contributed by atoms with van der Waals surface area (Å²) in [7, 11) is -1.56. The monoisotopic (exact) mass is 235 g/mol. The van der Waals surface area contributed by atoms with E-state index in [0.717, 1.165) is 5.56 Å². The molecular formula is C12H18BNO3. The van der Waals surface area contributed by atoms with Crippen LogP contribution >= 0.6 is 0 Å². The SMILES string of the molecule is CC(C)C(=O)N[C@@H](Cc1ccccc1)B(O)O. The van der Waals surface area contributed by atoms with Crippen molar-refractivity contribution in [3.63, 3.8) is 0 Å². The van der Waals surface area contributed by atoms with Gasteiger partial charge in [0.1, 0.15) is 0 Å². The number of hydrogen-bond acceptors (Lipinski definition) is 3. The second kappa shape index (κ2) is 6.42. The van der Waals surface area contributed by atoms with Crippen LogP contribution in [0.4, 0.5) is 0 Å². The Morgan fingerprint density at radius 3 is 2.35 bits per heavy atom. The van der Waals surface area contributed by atoms with E-state index in [-0.39, 0.29) is 11.8 Å². The summed E-state index contributed by atoms with van der Waals surface area (Å²) in [5.74, 6) is -1.03. The van der Waals surface area contributed by atoms with Crippen LogP contribution in [0.15, 0.2) is 30.3 Å². The topological polar surface area (TPSA) is 69.6 Å². The average Bonchev–Trinajstić information content (AvgIpc) is 2.29. The lowest BCUT2D eigenvalue weighted by atomic mass is 9.75. The molecule has 0 aliphatic heterocycles. The van der Waals surface area contributed by atoms with Crippen molar-refractivity contribution in [1.29, 1.82) is 0 Å². The lowest BCUT2D eigenvalue weighted by molar-refractivity contribution is -0.124. The van der Waals surface area contributed by atoms with Crippen molar-refractivity contribution in [2.24, 2.45) is 5.92 Å². The van der Waals surface area contributed by atoms with E-state index in [1.807, 2.05) is 30.3 Å². The number of carbonyl (C=O) groups is 1. The molecule has 0 bridgehead atoms. The Bertz CT molecular complexity index is 354. The largest absolute Gasteiger partial charge is 0.475 e. The first-order valence-electron chi connectivity index (χ1n) is 5.71. The van der Waals surface area contributed by atoms with Gasteiger partial charge in [-0.15, -0.1) is 0 Å². The van der Waals surface area contributed by atoms with E-state index in [1.54, 1.807) is 13.8 Å². The van der Waals surface area contributed by atoms with Crippen LogP contribution in [0.3, 0.4) is 0 Å². The van der Waals surface area contributed by atoms with Crippen molar-refractivity contribution >= 4 is 13.0 Å². The van der Waals surface area contributed by atoms with Gasteiger partial charge in [0.2, 0.25) is 5.91 Å². The van der Waals surface area contributed by atoms with Crippen molar-refractivity contribution < 1.29 is 14.8 Å². The predicted octanol–water partition coefficient (Wildman–Crippen LogP) is 0.382. The molecule has 4 nitrogen and oxygen atoms in total. The summed E-state index contributed by atoms with van der Waals surface area (Å²) in [6.07, 6.45) is 0.400. The van der Waals surface area contributed by atoms with Crippen LogP contribution in [0, 0.1) is 5.92 Å². The molecule has 0 unspecified atom stereocenters. The number of amides is 1. The molecule has 1 atom stereocenters. The van der Waals surface area contributed by atoms with Crippen molar-refractivity contribution in [1.82, 2.24) is 5.32 Å². The Hall–Kier alpha value is -1.33. The molecule has 0 saturated carbocycles. The van der Waals surface area contributed by atoms with Crippen LogP contribution < -0.4 is 5.32 Å². The molecule has 1 rings (SSSR count). The lowest BCUT2D eigenvalue weighted by Gasteiger charge is -2.19. The minimum atomic E-state index is -1.56. The molecule has 0 saturated heterocycles. The van der Waals surface area contributed by atoms with Gasteiger partial charge in [0, 0.05) is 5.92 Å². The molecule has 3 N–H and O–H groups in total. The number of benzene rings is 1. The predicted molar refractivity (Wildman–Crippen MR) is 67.1 cm³/mol. The highest BCUT2D eigenvalue weighted by Gasteiger charge is 2.26. The summed E-state index contributed by atoms with van der Waals surface area (Å²) in [5, 5.41) is 21.1. The van der Waals surface area contributed by atoms with Gasteiger partial charge < -0.3 is 15.4 Å². The minimum Gasteiger partial charge on any atom is -0.426 e. The number of nitrogens with one attached hydrogen (secondary N) is 1. The number of carbonyl (C=O) groups excluding carboxylic acids is 1. The molecule has 0 radical (unpaired) electrons. The molecule has 92 valence electrons. The maximum Gasteiger partial charge on any atom is 0.475 e. The summed E-state index contributed by atoms with van der Waals surface area (Å²) in [5.41, 5.74) is 0.953. The Kier molecular flexibility index (Phi) is 5.19. The third-order valence-electron chi connectivity index (χ3n) is 2.51. The Morgan fingerprint density at radius 1 is 1.29 bits per heavy atom. The van der Waals surface area contributed by atoms with Gasteiger partial charge in [-0.25, -0.2) is 0 Å². The summed E-state index contributed by atoms with van der Waals surface area (Å²) in [6, 6.07) is 9.41. The van der Waals surface area contributed by atoms with Gasteiger partial charge >= 0.3 is 7.12 Å². The molecule has 0 aliphatic carbocycles. The molecule has 5 heteroatoms. The van der Waals surface area contributed by atoms with Crippen LogP contribution in [0.2, 0.25) is 0 Å². The first kappa shape index (κ1) is 13.7. The highest BCUT2D eigenvalue weighted by molar-refractivity contribution is 6.43. The van der Waals surface area contributed by atoms with Crippen LogP contribution in [-0.4, -0.2) is 29.0 Å².